The van der Waals surface area contributed by atoms with Gasteiger partial charge in [0.1, 0.15) is 0 Å². The van der Waals surface area contributed by atoms with Crippen molar-refractivity contribution < 1.29 is 9.53 Å². The number of thiazole rings is 1. The van der Waals surface area contributed by atoms with E-state index in [1.54, 1.807) is 11.3 Å². The highest BCUT2D eigenvalue weighted by Crippen LogP contribution is 2.34. The molecule has 1 saturated heterocycles. The highest BCUT2D eigenvalue weighted by atomic mass is 35.5. The summed E-state index contributed by atoms with van der Waals surface area (Å²) >= 11 is 7.90. The normalized spacial score (nSPS) is 14.6. The predicted molar refractivity (Wildman–Crippen MR) is 141 cm³/mol. The quantitative estimate of drug-likeness (QED) is 0.331. The standard InChI is InChI=1S/C27H28ClN3O2S/c1-19-23(28)10-11-24-26(19)29-27(34-24)31(13-5-12-30-14-16-33-17-15-30)25(32)18-21-8-4-7-20-6-2-3-9-22(20)21/h2-4,6-11H,5,12-18H2,1H3. The number of carbonyl (C=O) groups is 1. The highest BCUT2D eigenvalue weighted by molar-refractivity contribution is 7.22. The lowest BCUT2D eigenvalue weighted by atomic mass is 10.0. The van der Waals surface area contributed by atoms with Crippen molar-refractivity contribution in [2.45, 2.75) is 19.8 Å². The van der Waals surface area contributed by atoms with Gasteiger partial charge in [-0.1, -0.05) is 65.4 Å². The first kappa shape index (κ1) is 23.2. The number of morpholine rings is 1. The highest BCUT2D eigenvalue weighted by Gasteiger charge is 2.22. The van der Waals surface area contributed by atoms with E-state index in [0.717, 1.165) is 76.5 Å². The molecule has 176 valence electrons. The SMILES string of the molecule is Cc1c(Cl)ccc2sc(N(CCCN3CCOCC3)C(=O)Cc3cccc4ccccc34)nc12. The second-order valence-electron chi connectivity index (χ2n) is 8.68. The second-order valence-corrected chi connectivity index (χ2v) is 10.1. The van der Waals surface area contributed by atoms with Crippen LogP contribution < -0.4 is 4.90 Å². The lowest BCUT2D eigenvalue weighted by Crippen LogP contribution is -2.39. The summed E-state index contributed by atoms with van der Waals surface area (Å²) in [6.45, 7) is 7.01. The molecule has 1 amide bonds. The Morgan fingerprint density at radius 2 is 1.91 bits per heavy atom. The van der Waals surface area contributed by atoms with Gasteiger partial charge in [0.15, 0.2) is 5.13 Å². The van der Waals surface area contributed by atoms with Gasteiger partial charge in [0.25, 0.3) is 0 Å². The van der Waals surface area contributed by atoms with Gasteiger partial charge in [-0.05, 0) is 47.4 Å². The zero-order chi connectivity index (χ0) is 23.5. The number of amides is 1. The summed E-state index contributed by atoms with van der Waals surface area (Å²) in [6.07, 6.45) is 1.23. The zero-order valence-corrected chi connectivity index (χ0v) is 20.9. The number of aromatic nitrogens is 1. The van der Waals surface area contributed by atoms with Crippen LogP contribution in [0.5, 0.6) is 0 Å². The Hall–Kier alpha value is -2.51. The van der Waals surface area contributed by atoms with Crippen molar-refractivity contribution in [3.8, 4) is 0 Å². The predicted octanol–water partition coefficient (Wildman–Crippen LogP) is 5.71. The first-order valence-electron chi connectivity index (χ1n) is 11.7. The number of benzene rings is 3. The van der Waals surface area contributed by atoms with Crippen molar-refractivity contribution in [3.05, 3.63) is 70.7 Å². The van der Waals surface area contributed by atoms with Crippen LogP contribution in [0.15, 0.2) is 54.6 Å². The van der Waals surface area contributed by atoms with Gasteiger partial charge in [-0.2, -0.15) is 0 Å². The minimum Gasteiger partial charge on any atom is -0.379 e. The van der Waals surface area contributed by atoms with E-state index in [4.69, 9.17) is 21.3 Å². The number of aryl methyl sites for hydroxylation is 1. The van der Waals surface area contributed by atoms with Gasteiger partial charge < -0.3 is 4.74 Å². The zero-order valence-electron chi connectivity index (χ0n) is 19.3. The summed E-state index contributed by atoms with van der Waals surface area (Å²) in [6, 6.07) is 18.3. The van der Waals surface area contributed by atoms with Crippen LogP contribution in [0, 0.1) is 6.92 Å². The second kappa shape index (κ2) is 10.4. The summed E-state index contributed by atoms with van der Waals surface area (Å²) in [5, 5.41) is 3.72. The summed E-state index contributed by atoms with van der Waals surface area (Å²) in [5.41, 5.74) is 2.88. The minimum atomic E-state index is 0.0705. The third kappa shape index (κ3) is 4.96. The molecule has 1 aliphatic rings. The molecule has 0 N–H and O–H groups in total. The topological polar surface area (TPSA) is 45.7 Å². The van der Waals surface area contributed by atoms with Gasteiger partial charge in [0, 0.05) is 31.2 Å². The fourth-order valence-corrected chi connectivity index (χ4v) is 5.73. The Balaban J connectivity index is 1.42. The first-order chi connectivity index (χ1) is 16.6. The fourth-order valence-electron chi connectivity index (χ4n) is 4.51. The summed E-state index contributed by atoms with van der Waals surface area (Å²) in [4.78, 5) is 22.8. The van der Waals surface area contributed by atoms with Crippen molar-refractivity contribution in [1.82, 2.24) is 9.88 Å². The Labute approximate surface area is 208 Å². The van der Waals surface area contributed by atoms with Gasteiger partial charge in [-0.15, -0.1) is 0 Å². The van der Waals surface area contributed by atoms with Crippen molar-refractivity contribution in [2.75, 3.05) is 44.3 Å². The van der Waals surface area contributed by atoms with Crippen LogP contribution in [0.4, 0.5) is 5.13 Å². The fraction of sp³-hybridized carbons (Fsp3) is 0.333. The van der Waals surface area contributed by atoms with Crippen molar-refractivity contribution in [2.24, 2.45) is 0 Å². The number of carbonyl (C=O) groups excluding carboxylic acids is 1. The minimum absolute atomic E-state index is 0.0705. The largest absolute Gasteiger partial charge is 0.379 e. The molecule has 0 aliphatic carbocycles. The number of ether oxygens (including phenoxy) is 1. The summed E-state index contributed by atoms with van der Waals surface area (Å²) < 4.78 is 6.51. The lowest BCUT2D eigenvalue weighted by Gasteiger charge is -2.27. The molecule has 7 heteroatoms. The van der Waals surface area contributed by atoms with Gasteiger partial charge in [-0.3, -0.25) is 14.6 Å². The molecule has 5 nitrogen and oxygen atoms in total. The molecule has 5 rings (SSSR count). The van der Waals surface area contributed by atoms with Crippen LogP contribution >= 0.6 is 22.9 Å². The molecule has 4 aromatic rings. The Morgan fingerprint density at radius 1 is 1.12 bits per heavy atom. The average molecular weight is 494 g/mol. The van der Waals surface area contributed by atoms with Crippen LogP contribution in [0.2, 0.25) is 5.02 Å². The molecular weight excluding hydrogens is 466 g/mol. The van der Waals surface area contributed by atoms with Crippen LogP contribution in [-0.4, -0.2) is 55.2 Å². The number of hydrogen-bond donors (Lipinski definition) is 0. The average Bonchev–Trinajstić information content (AvgIpc) is 3.30. The smallest absolute Gasteiger partial charge is 0.233 e. The summed E-state index contributed by atoms with van der Waals surface area (Å²) in [7, 11) is 0. The molecule has 1 aromatic heterocycles. The van der Waals surface area contributed by atoms with Gasteiger partial charge in [-0.25, -0.2) is 4.98 Å². The van der Waals surface area contributed by atoms with E-state index in [9.17, 15) is 4.79 Å². The lowest BCUT2D eigenvalue weighted by molar-refractivity contribution is -0.118. The number of nitrogens with zero attached hydrogens (tertiary/aromatic N) is 3. The number of fused-ring (bicyclic) bond motifs is 2. The van der Waals surface area contributed by atoms with Gasteiger partial charge >= 0.3 is 0 Å². The molecular formula is C27H28ClN3O2S. The Kier molecular flexibility index (Phi) is 7.11. The molecule has 3 aromatic carbocycles. The third-order valence-electron chi connectivity index (χ3n) is 6.45. The van der Waals surface area contributed by atoms with E-state index in [2.05, 4.69) is 29.2 Å². The maximum atomic E-state index is 13.7. The van der Waals surface area contributed by atoms with Crippen molar-refractivity contribution in [1.29, 1.82) is 0 Å². The number of hydrogen-bond acceptors (Lipinski definition) is 5. The molecule has 2 heterocycles. The molecule has 0 atom stereocenters. The van der Waals surface area contributed by atoms with E-state index in [1.807, 2.05) is 42.2 Å². The molecule has 0 unspecified atom stereocenters. The molecule has 34 heavy (non-hydrogen) atoms. The van der Waals surface area contributed by atoms with E-state index >= 15 is 0 Å². The molecule has 1 fully saturated rings. The maximum absolute atomic E-state index is 13.7. The van der Waals surface area contributed by atoms with Crippen molar-refractivity contribution >= 4 is 55.0 Å². The number of anilines is 1. The van der Waals surface area contributed by atoms with E-state index in [0.29, 0.717) is 18.0 Å². The Bertz CT molecular complexity index is 1310. The molecule has 0 saturated carbocycles. The van der Waals surface area contributed by atoms with Crippen LogP contribution in [-0.2, 0) is 16.0 Å². The van der Waals surface area contributed by atoms with Gasteiger partial charge in [0.05, 0.1) is 29.9 Å². The molecule has 0 spiro atoms. The van der Waals surface area contributed by atoms with E-state index in [-0.39, 0.29) is 5.91 Å². The molecule has 0 radical (unpaired) electrons. The molecule has 0 bridgehead atoms. The van der Waals surface area contributed by atoms with Crippen molar-refractivity contribution in [3.63, 3.8) is 0 Å². The van der Waals surface area contributed by atoms with E-state index < -0.39 is 0 Å². The number of halogens is 1. The van der Waals surface area contributed by atoms with Gasteiger partial charge in [0.2, 0.25) is 5.91 Å². The van der Waals surface area contributed by atoms with Crippen LogP contribution in [0.25, 0.3) is 21.0 Å². The van der Waals surface area contributed by atoms with Crippen LogP contribution in [0.3, 0.4) is 0 Å². The Morgan fingerprint density at radius 3 is 2.76 bits per heavy atom. The monoisotopic (exact) mass is 493 g/mol. The first-order valence-corrected chi connectivity index (χ1v) is 12.9. The third-order valence-corrected chi connectivity index (χ3v) is 7.90. The van der Waals surface area contributed by atoms with Crippen LogP contribution in [0.1, 0.15) is 17.5 Å². The summed E-state index contributed by atoms with van der Waals surface area (Å²) in [5.74, 6) is 0.0705. The molecule has 1 aliphatic heterocycles. The van der Waals surface area contributed by atoms with E-state index in [1.165, 1.54) is 0 Å². The maximum Gasteiger partial charge on any atom is 0.233 e. The number of rotatable bonds is 7.